The van der Waals surface area contributed by atoms with Crippen molar-refractivity contribution in [1.29, 1.82) is 0 Å². The summed E-state index contributed by atoms with van der Waals surface area (Å²) in [7, 11) is 0. The van der Waals surface area contributed by atoms with Gasteiger partial charge in [0.15, 0.2) is 0 Å². The molecule has 2 N–H and O–H groups in total. The number of hydrogen-bond donors (Lipinski definition) is 1. The molecule has 3 rings (SSSR count). The van der Waals surface area contributed by atoms with Gasteiger partial charge in [0.1, 0.15) is 0 Å². The van der Waals surface area contributed by atoms with Crippen molar-refractivity contribution in [3.8, 4) is 11.1 Å². The summed E-state index contributed by atoms with van der Waals surface area (Å²) in [5.41, 5.74) is 12.1. The number of nitrogens with zero attached hydrogens (tertiary/aromatic N) is 1. The molecule has 1 aromatic heterocycles. The largest absolute Gasteiger partial charge is 0.372 e. The zero-order chi connectivity index (χ0) is 13.9. The number of benzene rings is 1. The Morgan fingerprint density at radius 2 is 2.25 bits per heavy atom. The molecule has 0 spiro atoms. The fourth-order valence-corrected chi connectivity index (χ4v) is 2.93. The van der Waals surface area contributed by atoms with Crippen molar-refractivity contribution < 1.29 is 4.74 Å². The summed E-state index contributed by atoms with van der Waals surface area (Å²) in [6.07, 6.45) is 3.99. The highest BCUT2D eigenvalue weighted by Gasteiger charge is 2.20. The maximum absolute atomic E-state index is 5.87. The van der Waals surface area contributed by atoms with Crippen LogP contribution in [0.5, 0.6) is 0 Å². The van der Waals surface area contributed by atoms with Crippen molar-refractivity contribution in [2.24, 2.45) is 5.73 Å². The van der Waals surface area contributed by atoms with E-state index in [1.807, 2.05) is 13.1 Å². The van der Waals surface area contributed by atoms with E-state index in [0.717, 1.165) is 25.1 Å². The number of ether oxygens (including phenoxy) is 1. The third-order valence-corrected chi connectivity index (χ3v) is 3.87. The Labute approximate surface area is 119 Å². The van der Waals surface area contributed by atoms with Crippen LogP contribution in [0.3, 0.4) is 0 Å². The van der Waals surface area contributed by atoms with Crippen molar-refractivity contribution >= 4 is 0 Å². The highest BCUT2D eigenvalue weighted by atomic mass is 16.5. The molecule has 0 aliphatic carbocycles. The van der Waals surface area contributed by atoms with Gasteiger partial charge in [-0.05, 0) is 54.2 Å². The van der Waals surface area contributed by atoms with Gasteiger partial charge in [0, 0.05) is 25.0 Å². The van der Waals surface area contributed by atoms with E-state index in [1.54, 1.807) is 0 Å². The molecule has 3 heteroatoms. The lowest BCUT2D eigenvalue weighted by Gasteiger charge is -2.18. The van der Waals surface area contributed by atoms with Crippen LogP contribution >= 0.6 is 0 Å². The molecular weight excluding hydrogens is 248 g/mol. The predicted molar refractivity (Wildman–Crippen MR) is 80.5 cm³/mol. The maximum atomic E-state index is 5.87. The molecule has 1 atom stereocenters. The molecule has 0 unspecified atom stereocenters. The molecule has 0 radical (unpaired) electrons. The number of nitrogens with two attached hydrogens (primary N) is 1. The van der Waals surface area contributed by atoms with Gasteiger partial charge in [-0.15, -0.1) is 0 Å². The summed E-state index contributed by atoms with van der Waals surface area (Å²) in [5, 5.41) is 0. The van der Waals surface area contributed by atoms with Crippen LogP contribution in [0.2, 0.25) is 0 Å². The molecule has 104 valence electrons. The minimum Gasteiger partial charge on any atom is -0.372 e. The number of pyridine rings is 1. The molecule has 1 aliphatic heterocycles. The summed E-state index contributed by atoms with van der Waals surface area (Å²) in [4.78, 5) is 4.28. The molecule has 3 nitrogen and oxygen atoms in total. The fraction of sp³-hybridized carbons (Fsp3) is 0.353. The molecule has 1 aromatic carbocycles. The fourth-order valence-electron chi connectivity index (χ4n) is 2.93. The topological polar surface area (TPSA) is 48.1 Å². The maximum Gasteiger partial charge on any atom is 0.0949 e. The standard InChI is InChI=1S/C17H20N2O/c1-12-10-13(7-8-19-12)14-4-2-5-16-15(14)6-3-9-20-17(16)11-18/h2,4-5,7-8,10,17H,3,6,9,11,18H2,1H3/t17-/m1/s1. The van der Waals surface area contributed by atoms with Gasteiger partial charge in [0.05, 0.1) is 6.10 Å². The van der Waals surface area contributed by atoms with E-state index in [9.17, 15) is 0 Å². The Bertz CT molecular complexity index is 610. The van der Waals surface area contributed by atoms with Gasteiger partial charge >= 0.3 is 0 Å². The van der Waals surface area contributed by atoms with Gasteiger partial charge in [-0.1, -0.05) is 18.2 Å². The highest BCUT2D eigenvalue weighted by Crippen LogP contribution is 2.33. The van der Waals surface area contributed by atoms with Crippen molar-refractivity contribution in [3.63, 3.8) is 0 Å². The molecule has 0 fully saturated rings. The van der Waals surface area contributed by atoms with Gasteiger partial charge in [-0.2, -0.15) is 0 Å². The zero-order valence-corrected chi connectivity index (χ0v) is 11.8. The van der Waals surface area contributed by atoms with Crippen LogP contribution in [-0.2, 0) is 11.2 Å². The van der Waals surface area contributed by atoms with Crippen molar-refractivity contribution in [3.05, 3.63) is 53.3 Å². The molecule has 0 amide bonds. The van der Waals surface area contributed by atoms with E-state index >= 15 is 0 Å². The molecule has 0 bridgehead atoms. The van der Waals surface area contributed by atoms with Crippen LogP contribution in [0, 0.1) is 6.92 Å². The monoisotopic (exact) mass is 268 g/mol. The van der Waals surface area contributed by atoms with Crippen LogP contribution in [0.25, 0.3) is 11.1 Å². The molecular formula is C17H20N2O. The molecule has 2 aromatic rings. The normalized spacial score (nSPS) is 18.4. The number of aromatic nitrogens is 1. The summed E-state index contributed by atoms with van der Waals surface area (Å²) in [5.74, 6) is 0. The van der Waals surface area contributed by atoms with Gasteiger partial charge < -0.3 is 10.5 Å². The third-order valence-electron chi connectivity index (χ3n) is 3.87. The Morgan fingerprint density at radius 3 is 3.05 bits per heavy atom. The van der Waals surface area contributed by atoms with Crippen LogP contribution in [0.15, 0.2) is 36.5 Å². The smallest absolute Gasteiger partial charge is 0.0949 e. The average Bonchev–Trinajstić information content (AvgIpc) is 2.68. The SMILES string of the molecule is Cc1cc(-c2cccc3c2CCCO[C@@H]3CN)ccn1. The minimum absolute atomic E-state index is 0.0235. The van der Waals surface area contributed by atoms with Crippen LogP contribution in [0.4, 0.5) is 0 Å². The molecule has 1 aliphatic rings. The van der Waals surface area contributed by atoms with E-state index in [-0.39, 0.29) is 6.10 Å². The first-order chi connectivity index (χ1) is 9.79. The summed E-state index contributed by atoms with van der Waals surface area (Å²) >= 11 is 0. The quantitative estimate of drug-likeness (QED) is 0.910. The van der Waals surface area contributed by atoms with Crippen LogP contribution in [-0.4, -0.2) is 18.1 Å². The van der Waals surface area contributed by atoms with E-state index in [2.05, 4.69) is 35.3 Å². The summed E-state index contributed by atoms with van der Waals surface area (Å²) in [6.45, 7) is 3.34. The second kappa shape index (κ2) is 5.73. The molecule has 0 saturated heterocycles. The number of hydrogen-bond acceptors (Lipinski definition) is 3. The van der Waals surface area contributed by atoms with Crippen molar-refractivity contribution in [2.45, 2.75) is 25.9 Å². The lowest BCUT2D eigenvalue weighted by molar-refractivity contribution is 0.0627. The Hall–Kier alpha value is -1.71. The lowest BCUT2D eigenvalue weighted by atomic mass is 9.91. The summed E-state index contributed by atoms with van der Waals surface area (Å²) in [6, 6.07) is 10.6. The Morgan fingerprint density at radius 1 is 1.35 bits per heavy atom. The molecule has 2 heterocycles. The van der Waals surface area contributed by atoms with E-state index < -0.39 is 0 Å². The van der Waals surface area contributed by atoms with Gasteiger partial charge in [0.25, 0.3) is 0 Å². The van der Waals surface area contributed by atoms with Crippen molar-refractivity contribution in [2.75, 3.05) is 13.2 Å². The Kier molecular flexibility index (Phi) is 3.81. The number of fused-ring (bicyclic) bond motifs is 1. The van der Waals surface area contributed by atoms with E-state index in [1.165, 1.54) is 22.3 Å². The summed E-state index contributed by atoms with van der Waals surface area (Å²) < 4.78 is 5.86. The first-order valence-electron chi connectivity index (χ1n) is 7.16. The van der Waals surface area contributed by atoms with Crippen molar-refractivity contribution in [1.82, 2.24) is 4.98 Å². The third kappa shape index (κ3) is 2.47. The minimum atomic E-state index is 0.0235. The van der Waals surface area contributed by atoms with Gasteiger partial charge in [0.2, 0.25) is 0 Å². The second-order valence-electron chi connectivity index (χ2n) is 5.26. The zero-order valence-electron chi connectivity index (χ0n) is 11.8. The van der Waals surface area contributed by atoms with Gasteiger partial charge in [-0.25, -0.2) is 0 Å². The predicted octanol–water partition coefficient (Wildman–Crippen LogP) is 3.02. The first-order valence-corrected chi connectivity index (χ1v) is 7.16. The van der Waals surface area contributed by atoms with Crippen LogP contribution < -0.4 is 5.73 Å². The average molecular weight is 268 g/mol. The van der Waals surface area contributed by atoms with Crippen LogP contribution in [0.1, 0.15) is 29.3 Å². The second-order valence-corrected chi connectivity index (χ2v) is 5.26. The highest BCUT2D eigenvalue weighted by molar-refractivity contribution is 5.69. The van der Waals surface area contributed by atoms with E-state index in [0.29, 0.717) is 6.54 Å². The number of aryl methyl sites for hydroxylation is 1. The molecule has 0 saturated carbocycles. The lowest BCUT2D eigenvalue weighted by Crippen LogP contribution is -2.16. The Balaban J connectivity index is 2.13. The number of rotatable bonds is 2. The van der Waals surface area contributed by atoms with Gasteiger partial charge in [-0.3, -0.25) is 4.98 Å². The molecule has 20 heavy (non-hydrogen) atoms. The first kappa shape index (κ1) is 13.3. The van der Waals surface area contributed by atoms with E-state index in [4.69, 9.17) is 10.5 Å².